The molecule has 2 heterocycles. The Balaban J connectivity index is 1.35. The molecule has 4 aromatic rings. The molecule has 2 N–H and O–H groups in total. The van der Waals surface area contributed by atoms with Gasteiger partial charge in [-0.3, -0.25) is 4.79 Å². The van der Waals surface area contributed by atoms with E-state index in [1.54, 1.807) is 6.07 Å². The van der Waals surface area contributed by atoms with Crippen LogP contribution in [0.3, 0.4) is 0 Å². The molecule has 0 aliphatic carbocycles. The van der Waals surface area contributed by atoms with Crippen molar-refractivity contribution < 1.29 is 9.18 Å². The summed E-state index contributed by atoms with van der Waals surface area (Å²) in [5.41, 5.74) is 3.12. The molecule has 0 bridgehead atoms. The fourth-order valence-electron chi connectivity index (χ4n) is 3.60. The van der Waals surface area contributed by atoms with Crippen LogP contribution in [0.5, 0.6) is 0 Å². The number of para-hydroxylation sites is 1. The average molecular weight is 363 g/mol. The number of rotatable bonds is 6. The number of aromatic amines is 1. The number of halogens is 1. The van der Waals surface area contributed by atoms with E-state index in [4.69, 9.17) is 0 Å². The van der Waals surface area contributed by atoms with E-state index in [-0.39, 0.29) is 17.8 Å². The van der Waals surface area contributed by atoms with Crippen LogP contribution in [-0.4, -0.2) is 21.5 Å². The summed E-state index contributed by atoms with van der Waals surface area (Å²) in [5, 5.41) is 5.23. The maximum atomic E-state index is 13.5. The molecule has 2 aromatic carbocycles. The zero-order valence-electron chi connectivity index (χ0n) is 15.2. The van der Waals surface area contributed by atoms with E-state index in [1.165, 1.54) is 23.1 Å². The van der Waals surface area contributed by atoms with Gasteiger partial charge >= 0.3 is 0 Å². The van der Waals surface area contributed by atoms with E-state index < -0.39 is 0 Å². The summed E-state index contributed by atoms with van der Waals surface area (Å²) in [4.78, 5) is 15.6. The molecule has 0 spiro atoms. The van der Waals surface area contributed by atoms with E-state index in [9.17, 15) is 9.18 Å². The molecular weight excluding hydrogens is 341 g/mol. The molecule has 1 atom stereocenters. The van der Waals surface area contributed by atoms with Crippen LogP contribution in [0.1, 0.15) is 18.9 Å². The lowest BCUT2D eigenvalue weighted by Crippen LogP contribution is -2.34. The Hall–Kier alpha value is -3.08. The molecule has 0 radical (unpaired) electrons. The number of nitrogens with zero attached hydrogens (tertiary/aromatic N) is 1. The minimum atomic E-state index is -0.265. The number of carbonyl (C=O) groups is 1. The minimum Gasteiger partial charge on any atom is -0.361 e. The molecule has 0 fully saturated rings. The fourth-order valence-corrected chi connectivity index (χ4v) is 3.60. The van der Waals surface area contributed by atoms with Gasteiger partial charge in [-0.05, 0) is 54.6 Å². The Morgan fingerprint density at radius 2 is 2.07 bits per heavy atom. The molecular formula is C22H22FN3O. The summed E-state index contributed by atoms with van der Waals surface area (Å²) in [6, 6.07) is 14.8. The third-order valence-corrected chi connectivity index (χ3v) is 4.92. The normalized spacial score (nSPS) is 12.5. The Morgan fingerprint density at radius 1 is 1.22 bits per heavy atom. The molecule has 4 nitrogen and oxygen atoms in total. The number of benzene rings is 2. The van der Waals surface area contributed by atoms with Gasteiger partial charge in [0.15, 0.2) is 0 Å². The van der Waals surface area contributed by atoms with Crippen molar-refractivity contribution in [3.8, 4) is 0 Å². The van der Waals surface area contributed by atoms with Crippen molar-refractivity contribution in [1.29, 1.82) is 0 Å². The van der Waals surface area contributed by atoms with Gasteiger partial charge < -0.3 is 14.9 Å². The Labute approximate surface area is 157 Å². The highest BCUT2D eigenvalue weighted by atomic mass is 19.1. The van der Waals surface area contributed by atoms with Gasteiger partial charge in [-0.25, -0.2) is 4.39 Å². The van der Waals surface area contributed by atoms with Crippen LogP contribution >= 0.6 is 0 Å². The Bertz CT molecular complexity index is 1100. The van der Waals surface area contributed by atoms with E-state index in [0.717, 1.165) is 22.8 Å². The van der Waals surface area contributed by atoms with Crippen LogP contribution in [-0.2, 0) is 17.8 Å². The molecule has 0 aliphatic rings. The third kappa shape index (κ3) is 3.72. The van der Waals surface area contributed by atoms with E-state index in [0.29, 0.717) is 13.0 Å². The number of H-pyrrole nitrogens is 1. The standard InChI is InChI=1S/C22H22FN3O/c1-15(12-17-14-24-20-5-3-2-4-19(17)20)25-22(27)9-11-26-10-8-16-6-7-18(23)13-21(16)26/h2-8,10,13-15,24H,9,11-12H2,1H3,(H,25,27)/t15-/m1/s1. The maximum absolute atomic E-state index is 13.5. The molecule has 2 aromatic heterocycles. The first-order chi connectivity index (χ1) is 13.1. The van der Waals surface area contributed by atoms with Crippen molar-refractivity contribution in [2.24, 2.45) is 0 Å². The van der Waals surface area contributed by atoms with E-state index in [2.05, 4.69) is 16.4 Å². The van der Waals surface area contributed by atoms with Gasteiger partial charge in [-0.15, -0.1) is 0 Å². The zero-order valence-corrected chi connectivity index (χ0v) is 15.2. The first-order valence-electron chi connectivity index (χ1n) is 9.19. The van der Waals surface area contributed by atoms with Crippen molar-refractivity contribution >= 4 is 27.7 Å². The zero-order chi connectivity index (χ0) is 18.8. The van der Waals surface area contributed by atoms with Crippen molar-refractivity contribution in [3.05, 3.63) is 72.3 Å². The number of carbonyl (C=O) groups excluding carboxylic acids is 1. The first-order valence-corrected chi connectivity index (χ1v) is 9.19. The number of aromatic nitrogens is 2. The monoisotopic (exact) mass is 363 g/mol. The van der Waals surface area contributed by atoms with Crippen LogP contribution in [0.4, 0.5) is 4.39 Å². The molecule has 0 unspecified atom stereocenters. The van der Waals surface area contributed by atoms with Crippen molar-refractivity contribution in [3.63, 3.8) is 0 Å². The van der Waals surface area contributed by atoms with Gasteiger partial charge in [0, 0.05) is 42.3 Å². The number of hydrogen-bond acceptors (Lipinski definition) is 1. The number of fused-ring (bicyclic) bond motifs is 2. The highest BCUT2D eigenvalue weighted by Crippen LogP contribution is 2.19. The number of aryl methyl sites for hydroxylation is 1. The quantitative estimate of drug-likeness (QED) is 0.524. The van der Waals surface area contributed by atoms with E-state index >= 15 is 0 Å². The van der Waals surface area contributed by atoms with Gasteiger partial charge in [0.05, 0.1) is 5.52 Å². The highest BCUT2D eigenvalue weighted by molar-refractivity contribution is 5.83. The van der Waals surface area contributed by atoms with Crippen molar-refractivity contribution in [2.45, 2.75) is 32.4 Å². The molecule has 0 aliphatic heterocycles. The SMILES string of the molecule is C[C@H](Cc1c[nH]c2ccccc12)NC(=O)CCn1ccc2ccc(F)cc21. The molecule has 27 heavy (non-hydrogen) atoms. The topological polar surface area (TPSA) is 49.8 Å². The number of amides is 1. The lowest BCUT2D eigenvalue weighted by atomic mass is 10.1. The molecule has 5 heteroatoms. The summed E-state index contributed by atoms with van der Waals surface area (Å²) >= 11 is 0. The first kappa shape index (κ1) is 17.3. The molecule has 4 rings (SSSR count). The molecule has 1 amide bonds. The summed E-state index contributed by atoms with van der Waals surface area (Å²) < 4.78 is 15.4. The predicted molar refractivity (Wildman–Crippen MR) is 106 cm³/mol. The largest absolute Gasteiger partial charge is 0.361 e. The second-order valence-corrected chi connectivity index (χ2v) is 6.99. The second kappa shape index (κ2) is 7.27. The smallest absolute Gasteiger partial charge is 0.222 e. The molecule has 138 valence electrons. The van der Waals surface area contributed by atoms with Gasteiger partial charge in [-0.2, -0.15) is 0 Å². The summed E-state index contributed by atoms with van der Waals surface area (Å²) in [7, 11) is 0. The van der Waals surface area contributed by atoms with Gasteiger partial charge in [0.1, 0.15) is 5.82 Å². The summed E-state index contributed by atoms with van der Waals surface area (Å²) in [5.74, 6) is -0.264. The summed E-state index contributed by atoms with van der Waals surface area (Å²) in [6.07, 6.45) is 5.03. The third-order valence-electron chi connectivity index (χ3n) is 4.92. The van der Waals surface area contributed by atoms with Gasteiger partial charge in [0.2, 0.25) is 5.91 Å². The lowest BCUT2D eigenvalue weighted by Gasteiger charge is -2.14. The van der Waals surface area contributed by atoms with Crippen LogP contribution in [0.15, 0.2) is 60.9 Å². The summed E-state index contributed by atoms with van der Waals surface area (Å²) in [6.45, 7) is 2.54. The minimum absolute atomic E-state index is 0.000550. The Kier molecular flexibility index (Phi) is 4.67. The van der Waals surface area contributed by atoms with Crippen LogP contribution in [0.2, 0.25) is 0 Å². The van der Waals surface area contributed by atoms with Crippen LogP contribution in [0, 0.1) is 5.82 Å². The van der Waals surface area contributed by atoms with Crippen molar-refractivity contribution in [2.75, 3.05) is 0 Å². The fraction of sp³-hybridized carbons (Fsp3) is 0.227. The average Bonchev–Trinajstić information content (AvgIpc) is 3.24. The van der Waals surface area contributed by atoms with Crippen LogP contribution < -0.4 is 5.32 Å². The number of hydrogen-bond donors (Lipinski definition) is 2. The number of nitrogens with one attached hydrogen (secondary N) is 2. The molecule has 0 saturated heterocycles. The van der Waals surface area contributed by atoms with E-state index in [1.807, 2.05) is 48.1 Å². The van der Waals surface area contributed by atoms with Crippen LogP contribution in [0.25, 0.3) is 21.8 Å². The maximum Gasteiger partial charge on any atom is 0.222 e. The van der Waals surface area contributed by atoms with Gasteiger partial charge in [-0.1, -0.05) is 18.2 Å². The predicted octanol–water partition coefficient (Wildman–Crippen LogP) is 4.40. The second-order valence-electron chi connectivity index (χ2n) is 6.99. The van der Waals surface area contributed by atoms with Crippen molar-refractivity contribution in [1.82, 2.24) is 14.9 Å². The Morgan fingerprint density at radius 3 is 2.96 bits per heavy atom. The highest BCUT2D eigenvalue weighted by Gasteiger charge is 2.12. The lowest BCUT2D eigenvalue weighted by molar-refractivity contribution is -0.121. The molecule has 0 saturated carbocycles. The van der Waals surface area contributed by atoms with Gasteiger partial charge in [0.25, 0.3) is 0 Å².